The van der Waals surface area contributed by atoms with Crippen LogP contribution in [0.2, 0.25) is 5.02 Å². The van der Waals surface area contributed by atoms with Crippen molar-refractivity contribution in [1.82, 2.24) is 9.88 Å². The van der Waals surface area contributed by atoms with Crippen molar-refractivity contribution in [3.05, 3.63) is 58.4 Å². The van der Waals surface area contributed by atoms with E-state index in [0.717, 1.165) is 12.0 Å². The van der Waals surface area contributed by atoms with Gasteiger partial charge < -0.3 is 9.88 Å². The molecule has 0 spiro atoms. The van der Waals surface area contributed by atoms with E-state index >= 15 is 0 Å². The molecule has 0 saturated carbocycles. The highest BCUT2D eigenvalue weighted by atomic mass is 35.5. The van der Waals surface area contributed by atoms with Crippen LogP contribution >= 0.6 is 11.6 Å². The molecule has 1 heterocycles. The van der Waals surface area contributed by atoms with E-state index < -0.39 is 0 Å². The van der Waals surface area contributed by atoms with E-state index in [0.29, 0.717) is 16.3 Å². The van der Waals surface area contributed by atoms with Crippen LogP contribution < -0.4 is 5.32 Å². The molecule has 0 aliphatic carbocycles. The van der Waals surface area contributed by atoms with E-state index in [1.54, 1.807) is 23.9 Å². The van der Waals surface area contributed by atoms with Crippen molar-refractivity contribution in [2.75, 3.05) is 0 Å². The Labute approximate surface area is 135 Å². The minimum absolute atomic E-state index is 0.0561. The molecule has 0 saturated heterocycles. The number of carbonyl (C=O) groups is 2. The maximum atomic E-state index is 12.4. The van der Waals surface area contributed by atoms with Crippen molar-refractivity contribution in [2.24, 2.45) is 7.05 Å². The van der Waals surface area contributed by atoms with E-state index in [1.165, 1.54) is 6.92 Å². The van der Waals surface area contributed by atoms with Crippen LogP contribution in [0, 0.1) is 0 Å². The number of nitrogens with zero attached hydrogens (tertiary/aromatic N) is 1. The molecule has 22 heavy (non-hydrogen) atoms. The van der Waals surface area contributed by atoms with Gasteiger partial charge in [0.1, 0.15) is 5.69 Å². The molecule has 0 aliphatic rings. The van der Waals surface area contributed by atoms with E-state index in [-0.39, 0.29) is 17.7 Å². The summed E-state index contributed by atoms with van der Waals surface area (Å²) < 4.78 is 1.67. The van der Waals surface area contributed by atoms with Gasteiger partial charge in [0.15, 0.2) is 5.78 Å². The molecule has 116 valence electrons. The molecule has 1 aromatic heterocycles. The lowest BCUT2D eigenvalue weighted by molar-refractivity contribution is 0.0927. The van der Waals surface area contributed by atoms with Crippen LogP contribution in [-0.2, 0) is 7.05 Å². The number of nitrogens with one attached hydrogen (secondary N) is 1. The number of hydrogen-bond donors (Lipinski definition) is 1. The molecular formula is C17H19ClN2O2. The van der Waals surface area contributed by atoms with Gasteiger partial charge in [-0.3, -0.25) is 9.59 Å². The summed E-state index contributed by atoms with van der Waals surface area (Å²) in [6.07, 6.45) is 2.43. The second kappa shape index (κ2) is 6.79. The van der Waals surface area contributed by atoms with Crippen LogP contribution in [0.15, 0.2) is 36.5 Å². The monoisotopic (exact) mass is 318 g/mol. The Morgan fingerprint density at radius 1 is 1.27 bits per heavy atom. The van der Waals surface area contributed by atoms with Crippen LogP contribution in [0.3, 0.4) is 0 Å². The van der Waals surface area contributed by atoms with Gasteiger partial charge in [0.05, 0.1) is 6.04 Å². The molecule has 5 heteroatoms. The fourth-order valence-electron chi connectivity index (χ4n) is 2.33. The van der Waals surface area contributed by atoms with Crippen molar-refractivity contribution in [2.45, 2.75) is 26.3 Å². The number of ketones is 1. The molecule has 2 rings (SSSR count). The minimum Gasteiger partial charge on any atom is -0.346 e. The quantitative estimate of drug-likeness (QED) is 0.853. The fourth-order valence-corrected chi connectivity index (χ4v) is 2.46. The molecule has 0 fully saturated rings. The first-order valence-corrected chi connectivity index (χ1v) is 7.53. The van der Waals surface area contributed by atoms with E-state index in [1.807, 2.05) is 31.2 Å². The number of rotatable bonds is 5. The molecule has 0 aliphatic heterocycles. The van der Waals surface area contributed by atoms with Gasteiger partial charge in [-0.2, -0.15) is 0 Å². The van der Waals surface area contributed by atoms with Crippen LogP contribution in [0.4, 0.5) is 0 Å². The third kappa shape index (κ3) is 3.57. The summed E-state index contributed by atoms with van der Waals surface area (Å²) in [5.74, 6) is -0.254. The lowest BCUT2D eigenvalue weighted by Crippen LogP contribution is -2.29. The second-order valence-corrected chi connectivity index (χ2v) is 5.70. The smallest absolute Gasteiger partial charge is 0.268 e. The summed E-state index contributed by atoms with van der Waals surface area (Å²) >= 11 is 5.89. The fraction of sp³-hybridized carbons (Fsp3) is 0.294. The normalized spacial score (nSPS) is 12.0. The Morgan fingerprint density at radius 3 is 2.41 bits per heavy atom. The predicted octanol–water partition coefficient (Wildman–Crippen LogP) is 3.76. The SMILES string of the molecule is CC[C@@H](NC(=O)c1cc(C(C)=O)cn1C)c1ccc(Cl)cc1. The predicted molar refractivity (Wildman–Crippen MR) is 87.4 cm³/mol. The molecule has 1 amide bonds. The zero-order valence-corrected chi connectivity index (χ0v) is 13.6. The number of aryl methyl sites for hydroxylation is 1. The van der Waals surface area contributed by atoms with E-state index in [2.05, 4.69) is 5.32 Å². The van der Waals surface area contributed by atoms with Crippen molar-refractivity contribution in [3.8, 4) is 0 Å². The van der Waals surface area contributed by atoms with Gasteiger partial charge in [-0.25, -0.2) is 0 Å². The standard InChI is InChI=1S/C17H19ClN2O2/c1-4-15(12-5-7-14(18)8-6-12)19-17(22)16-9-13(11(2)21)10-20(16)3/h5-10,15H,4H2,1-3H3,(H,19,22)/t15-/m1/s1. The third-order valence-corrected chi connectivity index (χ3v) is 3.88. The van der Waals surface area contributed by atoms with Gasteiger partial charge in [0, 0.05) is 23.8 Å². The first-order valence-electron chi connectivity index (χ1n) is 7.16. The van der Waals surface area contributed by atoms with Crippen LogP contribution in [0.25, 0.3) is 0 Å². The molecule has 0 radical (unpaired) electrons. The third-order valence-electron chi connectivity index (χ3n) is 3.63. The Kier molecular flexibility index (Phi) is 5.03. The lowest BCUT2D eigenvalue weighted by Gasteiger charge is -2.17. The zero-order chi connectivity index (χ0) is 16.3. The maximum absolute atomic E-state index is 12.4. The summed E-state index contributed by atoms with van der Waals surface area (Å²) in [5, 5.41) is 3.66. The van der Waals surface area contributed by atoms with Crippen LogP contribution in [-0.4, -0.2) is 16.3 Å². The highest BCUT2D eigenvalue weighted by molar-refractivity contribution is 6.30. The van der Waals surface area contributed by atoms with Gasteiger partial charge in [0.25, 0.3) is 5.91 Å². The summed E-state index contributed by atoms with van der Waals surface area (Å²) in [6.45, 7) is 3.49. The zero-order valence-electron chi connectivity index (χ0n) is 12.9. The number of hydrogen-bond acceptors (Lipinski definition) is 2. The number of benzene rings is 1. The summed E-state index contributed by atoms with van der Waals surface area (Å²) in [6, 6.07) is 8.95. The molecule has 1 aromatic carbocycles. The van der Waals surface area contributed by atoms with Gasteiger partial charge in [-0.15, -0.1) is 0 Å². The Balaban J connectivity index is 2.19. The number of amides is 1. The van der Waals surface area contributed by atoms with E-state index in [4.69, 9.17) is 11.6 Å². The Morgan fingerprint density at radius 2 is 1.91 bits per heavy atom. The summed E-state index contributed by atoms with van der Waals surface area (Å²) in [7, 11) is 1.75. The number of Topliss-reactive ketones (excluding diaryl/α,β-unsaturated/α-hetero) is 1. The van der Waals surface area contributed by atoms with Crippen molar-refractivity contribution < 1.29 is 9.59 Å². The van der Waals surface area contributed by atoms with Gasteiger partial charge >= 0.3 is 0 Å². The lowest BCUT2D eigenvalue weighted by atomic mass is 10.0. The van der Waals surface area contributed by atoms with Crippen molar-refractivity contribution >= 4 is 23.3 Å². The maximum Gasteiger partial charge on any atom is 0.268 e. The molecule has 1 N–H and O–H groups in total. The average Bonchev–Trinajstić information content (AvgIpc) is 2.88. The highest BCUT2D eigenvalue weighted by Crippen LogP contribution is 2.20. The molecular weight excluding hydrogens is 300 g/mol. The number of halogens is 1. The average molecular weight is 319 g/mol. The first-order chi connectivity index (χ1) is 10.4. The Bertz CT molecular complexity index is 689. The minimum atomic E-state index is -0.197. The molecule has 0 bridgehead atoms. The van der Waals surface area contributed by atoms with Crippen LogP contribution in [0.1, 0.15) is 52.7 Å². The summed E-state index contributed by atoms with van der Waals surface area (Å²) in [5.41, 5.74) is 2.01. The highest BCUT2D eigenvalue weighted by Gasteiger charge is 2.18. The first kappa shape index (κ1) is 16.3. The topological polar surface area (TPSA) is 51.1 Å². The molecule has 4 nitrogen and oxygen atoms in total. The summed E-state index contributed by atoms with van der Waals surface area (Å²) in [4.78, 5) is 23.8. The van der Waals surface area contributed by atoms with Gasteiger partial charge in [0.2, 0.25) is 0 Å². The Hall–Kier alpha value is -2.07. The molecule has 2 aromatic rings. The number of carbonyl (C=O) groups excluding carboxylic acids is 2. The second-order valence-electron chi connectivity index (χ2n) is 5.27. The van der Waals surface area contributed by atoms with Crippen LogP contribution in [0.5, 0.6) is 0 Å². The largest absolute Gasteiger partial charge is 0.346 e. The van der Waals surface area contributed by atoms with E-state index in [9.17, 15) is 9.59 Å². The van der Waals surface area contributed by atoms with Gasteiger partial charge in [-0.1, -0.05) is 30.7 Å². The molecule has 0 unspecified atom stereocenters. The number of aromatic nitrogens is 1. The van der Waals surface area contributed by atoms with Crippen molar-refractivity contribution in [3.63, 3.8) is 0 Å². The molecule has 1 atom stereocenters. The van der Waals surface area contributed by atoms with Crippen molar-refractivity contribution in [1.29, 1.82) is 0 Å². The van der Waals surface area contributed by atoms with Gasteiger partial charge in [-0.05, 0) is 37.1 Å².